The molecular weight excluding hydrogens is 340 g/mol. The lowest BCUT2D eigenvalue weighted by molar-refractivity contribution is 0.0758. The van der Waals surface area contributed by atoms with Crippen LogP contribution >= 0.6 is 0 Å². The number of aryl methyl sites for hydroxylation is 1. The highest BCUT2D eigenvalue weighted by Crippen LogP contribution is 2.18. The summed E-state index contributed by atoms with van der Waals surface area (Å²) in [5, 5.41) is 0. The molecule has 1 saturated heterocycles. The molecule has 25 heavy (non-hydrogen) atoms. The van der Waals surface area contributed by atoms with Gasteiger partial charge >= 0.3 is 0 Å². The molecule has 0 spiro atoms. The Morgan fingerprint density at radius 3 is 2.44 bits per heavy atom. The largest absolute Gasteiger partial charge is 0.336 e. The van der Waals surface area contributed by atoms with Crippen molar-refractivity contribution in [2.24, 2.45) is 0 Å². The first-order valence-electron chi connectivity index (χ1n) is 8.11. The predicted octanol–water partition coefficient (Wildman–Crippen LogP) is 1.32. The van der Waals surface area contributed by atoms with Gasteiger partial charge in [-0.15, -0.1) is 0 Å². The monoisotopic (exact) mass is 360 g/mol. The van der Waals surface area contributed by atoms with Crippen LogP contribution < -0.4 is 0 Å². The van der Waals surface area contributed by atoms with Crippen LogP contribution in [0.25, 0.3) is 0 Å². The molecule has 0 saturated carbocycles. The number of benzene rings is 1. The van der Waals surface area contributed by atoms with E-state index in [9.17, 15) is 13.2 Å². The second kappa shape index (κ2) is 7.28. The number of carbonyl (C=O) groups is 1. The lowest BCUT2D eigenvalue weighted by atomic mass is 10.3. The topological polar surface area (TPSA) is 83.5 Å². The molecule has 1 fully saturated rings. The summed E-state index contributed by atoms with van der Waals surface area (Å²) in [5.74, 6) is -0.216. The van der Waals surface area contributed by atoms with Crippen LogP contribution in [0.1, 0.15) is 22.6 Å². The van der Waals surface area contributed by atoms with Gasteiger partial charge in [0.2, 0.25) is 10.0 Å². The van der Waals surface area contributed by atoms with E-state index >= 15 is 0 Å². The molecule has 1 aromatic carbocycles. The van der Waals surface area contributed by atoms with Gasteiger partial charge in [-0.2, -0.15) is 4.31 Å². The molecule has 1 amide bonds. The lowest BCUT2D eigenvalue weighted by Gasteiger charge is -2.21. The summed E-state index contributed by atoms with van der Waals surface area (Å²) < 4.78 is 26.9. The molecule has 0 unspecified atom stereocenters. The zero-order chi connectivity index (χ0) is 17.9. The summed E-state index contributed by atoms with van der Waals surface area (Å²) >= 11 is 0. The quantitative estimate of drug-likeness (QED) is 0.824. The summed E-state index contributed by atoms with van der Waals surface area (Å²) in [6.07, 6.45) is 3.59. The molecule has 0 radical (unpaired) electrons. The molecule has 3 rings (SSSR count). The highest BCUT2D eigenvalue weighted by atomic mass is 32.2. The molecule has 1 aliphatic rings. The Bertz CT molecular complexity index is 838. The van der Waals surface area contributed by atoms with Gasteiger partial charge in [0, 0.05) is 32.4 Å². The first-order chi connectivity index (χ1) is 12.0. The number of hydrogen-bond acceptors (Lipinski definition) is 5. The first kappa shape index (κ1) is 17.5. The number of rotatable bonds is 3. The fourth-order valence-electron chi connectivity index (χ4n) is 2.74. The molecule has 0 bridgehead atoms. The van der Waals surface area contributed by atoms with Gasteiger partial charge in [-0.3, -0.25) is 9.78 Å². The second-order valence-corrected chi connectivity index (χ2v) is 7.84. The molecule has 7 nitrogen and oxygen atoms in total. The van der Waals surface area contributed by atoms with Crippen LogP contribution in [0.3, 0.4) is 0 Å². The Morgan fingerprint density at radius 2 is 1.76 bits per heavy atom. The molecule has 0 atom stereocenters. The number of amides is 1. The van der Waals surface area contributed by atoms with Crippen molar-refractivity contribution < 1.29 is 13.2 Å². The van der Waals surface area contributed by atoms with E-state index in [1.165, 1.54) is 10.5 Å². The third kappa shape index (κ3) is 3.85. The van der Waals surface area contributed by atoms with E-state index < -0.39 is 10.0 Å². The standard InChI is InChI=1S/C17H20N4O3S/c1-14-12-19-16(13-18-14)17(22)20-8-5-9-21(11-10-20)25(23,24)15-6-3-2-4-7-15/h2-4,6-7,12-13H,5,8-11H2,1H3. The smallest absolute Gasteiger partial charge is 0.274 e. The van der Waals surface area contributed by atoms with Gasteiger partial charge < -0.3 is 4.90 Å². The molecule has 8 heteroatoms. The van der Waals surface area contributed by atoms with Gasteiger partial charge in [0.15, 0.2) is 0 Å². The summed E-state index contributed by atoms with van der Waals surface area (Å²) in [5.41, 5.74) is 1.03. The Morgan fingerprint density at radius 1 is 1.00 bits per heavy atom. The second-order valence-electron chi connectivity index (χ2n) is 5.91. The van der Waals surface area contributed by atoms with Crippen molar-refractivity contribution in [1.29, 1.82) is 0 Å². The lowest BCUT2D eigenvalue weighted by Crippen LogP contribution is -2.37. The Kier molecular flexibility index (Phi) is 5.10. The van der Waals surface area contributed by atoms with Crippen molar-refractivity contribution in [1.82, 2.24) is 19.2 Å². The molecule has 1 aliphatic heterocycles. The minimum atomic E-state index is -3.54. The van der Waals surface area contributed by atoms with E-state index in [-0.39, 0.29) is 23.0 Å². The van der Waals surface area contributed by atoms with Crippen LogP contribution in [0.15, 0.2) is 47.6 Å². The first-order valence-corrected chi connectivity index (χ1v) is 9.55. The normalized spacial score (nSPS) is 16.4. The summed E-state index contributed by atoms with van der Waals surface area (Å²) in [4.78, 5) is 22.7. The van der Waals surface area contributed by atoms with Crippen LogP contribution in [0.4, 0.5) is 0 Å². The van der Waals surface area contributed by atoms with E-state index in [2.05, 4.69) is 9.97 Å². The Labute approximate surface area is 147 Å². The molecular formula is C17H20N4O3S. The van der Waals surface area contributed by atoms with Gasteiger partial charge in [0.05, 0.1) is 16.8 Å². The van der Waals surface area contributed by atoms with E-state index in [1.54, 1.807) is 48.4 Å². The van der Waals surface area contributed by atoms with Crippen LogP contribution in [-0.4, -0.2) is 59.7 Å². The van der Waals surface area contributed by atoms with Gasteiger partial charge in [-0.25, -0.2) is 13.4 Å². The predicted molar refractivity (Wildman–Crippen MR) is 92.5 cm³/mol. The summed E-state index contributed by atoms with van der Waals surface area (Å²) in [6.45, 7) is 3.29. The average molecular weight is 360 g/mol. The maximum Gasteiger partial charge on any atom is 0.274 e. The van der Waals surface area contributed by atoms with Crippen LogP contribution in [0, 0.1) is 6.92 Å². The molecule has 0 aliphatic carbocycles. The van der Waals surface area contributed by atoms with Crippen molar-refractivity contribution >= 4 is 15.9 Å². The third-order valence-corrected chi connectivity index (χ3v) is 6.04. The van der Waals surface area contributed by atoms with Crippen LogP contribution in [0.2, 0.25) is 0 Å². The number of nitrogens with zero attached hydrogens (tertiary/aromatic N) is 4. The van der Waals surface area contributed by atoms with Crippen molar-refractivity contribution in [2.45, 2.75) is 18.2 Å². The van der Waals surface area contributed by atoms with Crippen LogP contribution in [-0.2, 0) is 10.0 Å². The van der Waals surface area contributed by atoms with Gasteiger partial charge in [-0.1, -0.05) is 18.2 Å². The maximum atomic E-state index is 12.7. The molecule has 132 valence electrons. The highest BCUT2D eigenvalue weighted by molar-refractivity contribution is 7.89. The van der Waals surface area contributed by atoms with Crippen LogP contribution in [0.5, 0.6) is 0 Å². The zero-order valence-corrected chi connectivity index (χ0v) is 14.8. The van der Waals surface area contributed by atoms with Gasteiger partial charge in [0.25, 0.3) is 5.91 Å². The minimum Gasteiger partial charge on any atom is -0.336 e. The van der Waals surface area contributed by atoms with Crippen molar-refractivity contribution in [2.75, 3.05) is 26.2 Å². The summed E-state index contributed by atoms with van der Waals surface area (Å²) in [6, 6.07) is 8.37. The fourth-order valence-corrected chi connectivity index (χ4v) is 4.23. The van der Waals surface area contributed by atoms with E-state index in [4.69, 9.17) is 0 Å². The zero-order valence-electron chi connectivity index (χ0n) is 14.0. The van der Waals surface area contributed by atoms with Crippen molar-refractivity contribution in [3.8, 4) is 0 Å². The van der Waals surface area contributed by atoms with Gasteiger partial charge in [0.1, 0.15) is 5.69 Å². The molecule has 2 aromatic rings. The van der Waals surface area contributed by atoms with Crippen molar-refractivity contribution in [3.63, 3.8) is 0 Å². The Balaban J connectivity index is 1.72. The van der Waals surface area contributed by atoms with Crippen molar-refractivity contribution in [3.05, 3.63) is 54.1 Å². The highest BCUT2D eigenvalue weighted by Gasteiger charge is 2.28. The number of aromatic nitrogens is 2. The molecule has 0 N–H and O–H groups in total. The van der Waals surface area contributed by atoms with Gasteiger partial charge in [-0.05, 0) is 25.5 Å². The van der Waals surface area contributed by atoms with E-state index in [0.29, 0.717) is 26.1 Å². The third-order valence-electron chi connectivity index (χ3n) is 4.12. The molecule has 2 heterocycles. The minimum absolute atomic E-state index is 0.216. The van der Waals surface area contributed by atoms with E-state index in [0.717, 1.165) is 5.69 Å². The number of hydrogen-bond donors (Lipinski definition) is 0. The SMILES string of the molecule is Cc1cnc(C(=O)N2CCCN(S(=O)(=O)c3ccccc3)CC2)cn1. The average Bonchev–Trinajstić information content (AvgIpc) is 2.89. The fraction of sp³-hybridized carbons (Fsp3) is 0.353. The maximum absolute atomic E-state index is 12.7. The Hall–Kier alpha value is -2.32. The summed E-state index contributed by atoms with van der Waals surface area (Å²) in [7, 11) is -3.54. The molecule has 1 aromatic heterocycles. The number of carbonyl (C=O) groups excluding carboxylic acids is 1. The van der Waals surface area contributed by atoms with E-state index in [1.807, 2.05) is 0 Å². The number of sulfonamides is 1.